The molecule has 1 unspecified atom stereocenters. The molecule has 2 amide bonds. The first kappa shape index (κ1) is 17.3. The second kappa shape index (κ2) is 7.25. The third-order valence-electron chi connectivity index (χ3n) is 4.35. The number of nitrogens with one attached hydrogen (secondary N) is 1. The van der Waals surface area contributed by atoms with Crippen molar-refractivity contribution in [3.8, 4) is 5.75 Å². The van der Waals surface area contributed by atoms with Gasteiger partial charge >= 0.3 is 0 Å². The highest BCUT2D eigenvalue weighted by Crippen LogP contribution is 2.37. The van der Waals surface area contributed by atoms with Crippen LogP contribution >= 0.6 is 11.3 Å². The van der Waals surface area contributed by atoms with Crippen molar-refractivity contribution >= 4 is 34.5 Å². The zero-order valence-electron chi connectivity index (χ0n) is 14.7. The zero-order valence-corrected chi connectivity index (χ0v) is 15.5. The summed E-state index contributed by atoms with van der Waals surface area (Å²) in [5.74, 6) is 0.358. The number of hydrogen-bond donors (Lipinski definition) is 1. The molecule has 0 saturated carbocycles. The minimum absolute atomic E-state index is 0.104. The molecular formula is C21H18N2O3S. The highest BCUT2D eigenvalue weighted by Gasteiger charge is 2.31. The van der Waals surface area contributed by atoms with Gasteiger partial charge in [0.25, 0.3) is 11.8 Å². The van der Waals surface area contributed by atoms with E-state index in [2.05, 4.69) is 5.32 Å². The SMILES string of the molecule is CC1Oc2ccc(NC(=O)c3cccs3)cc2N(Cc2ccccc2)C1=O. The van der Waals surface area contributed by atoms with Crippen molar-refractivity contribution in [2.24, 2.45) is 0 Å². The fourth-order valence-electron chi connectivity index (χ4n) is 3.01. The number of thiophene rings is 1. The van der Waals surface area contributed by atoms with E-state index in [1.807, 2.05) is 41.8 Å². The lowest BCUT2D eigenvalue weighted by atomic mass is 10.1. The molecule has 0 spiro atoms. The van der Waals surface area contributed by atoms with Gasteiger partial charge in [-0.05, 0) is 42.1 Å². The van der Waals surface area contributed by atoms with Crippen LogP contribution in [-0.2, 0) is 11.3 Å². The Morgan fingerprint density at radius 1 is 1.15 bits per heavy atom. The first-order valence-electron chi connectivity index (χ1n) is 8.62. The van der Waals surface area contributed by atoms with Gasteiger partial charge in [-0.3, -0.25) is 9.59 Å². The average molecular weight is 378 g/mol. The standard InChI is InChI=1S/C21H18N2O3S/c1-14-21(25)23(13-15-6-3-2-4-7-15)17-12-16(9-10-18(17)26-14)22-20(24)19-8-5-11-27-19/h2-12,14H,13H2,1H3,(H,22,24). The second-order valence-electron chi connectivity index (χ2n) is 6.28. The van der Waals surface area contributed by atoms with Crippen LogP contribution < -0.4 is 15.0 Å². The molecule has 3 aromatic rings. The summed E-state index contributed by atoms with van der Waals surface area (Å²) in [5, 5.41) is 4.74. The molecule has 2 aromatic carbocycles. The Morgan fingerprint density at radius 2 is 1.96 bits per heavy atom. The highest BCUT2D eigenvalue weighted by molar-refractivity contribution is 7.12. The van der Waals surface area contributed by atoms with Gasteiger partial charge in [-0.2, -0.15) is 0 Å². The van der Waals surface area contributed by atoms with E-state index >= 15 is 0 Å². The molecular weight excluding hydrogens is 360 g/mol. The van der Waals surface area contributed by atoms with Crippen molar-refractivity contribution in [1.29, 1.82) is 0 Å². The van der Waals surface area contributed by atoms with E-state index in [4.69, 9.17) is 4.74 Å². The molecule has 0 bridgehead atoms. The number of ether oxygens (including phenoxy) is 1. The number of fused-ring (bicyclic) bond motifs is 1. The largest absolute Gasteiger partial charge is 0.479 e. The van der Waals surface area contributed by atoms with Crippen LogP contribution in [0.1, 0.15) is 22.2 Å². The van der Waals surface area contributed by atoms with Crippen LogP contribution in [0.3, 0.4) is 0 Å². The summed E-state index contributed by atoms with van der Waals surface area (Å²) in [5.41, 5.74) is 2.31. The van der Waals surface area contributed by atoms with E-state index in [0.717, 1.165) is 5.56 Å². The Kier molecular flexibility index (Phi) is 4.64. The van der Waals surface area contributed by atoms with Gasteiger partial charge in [0.1, 0.15) is 5.75 Å². The maximum absolute atomic E-state index is 12.7. The van der Waals surface area contributed by atoms with Crippen molar-refractivity contribution in [2.75, 3.05) is 10.2 Å². The molecule has 136 valence electrons. The van der Waals surface area contributed by atoms with E-state index < -0.39 is 6.10 Å². The molecule has 1 aliphatic rings. The zero-order chi connectivity index (χ0) is 18.8. The van der Waals surface area contributed by atoms with Crippen LogP contribution in [0, 0.1) is 0 Å². The van der Waals surface area contributed by atoms with Gasteiger partial charge in [-0.1, -0.05) is 36.4 Å². The van der Waals surface area contributed by atoms with Crippen molar-refractivity contribution < 1.29 is 14.3 Å². The molecule has 0 aliphatic carbocycles. The molecule has 6 heteroatoms. The lowest BCUT2D eigenvalue weighted by molar-refractivity contribution is -0.125. The molecule has 0 fully saturated rings. The Bertz CT molecular complexity index is 970. The van der Waals surface area contributed by atoms with Gasteiger partial charge < -0.3 is 15.0 Å². The van der Waals surface area contributed by atoms with E-state index in [1.54, 1.807) is 36.1 Å². The predicted octanol–water partition coefficient (Wildman–Crippen LogP) is 4.31. The monoisotopic (exact) mass is 378 g/mol. The van der Waals surface area contributed by atoms with Gasteiger partial charge in [0.05, 0.1) is 17.1 Å². The smallest absolute Gasteiger partial charge is 0.268 e. The molecule has 27 heavy (non-hydrogen) atoms. The number of amides is 2. The van der Waals surface area contributed by atoms with Crippen LogP contribution in [-0.4, -0.2) is 17.9 Å². The Labute approximate surface area is 161 Å². The van der Waals surface area contributed by atoms with Gasteiger partial charge in [0.2, 0.25) is 0 Å². The normalized spacial score (nSPS) is 15.8. The maximum atomic E-state index is 12.7. The number of anilines is 2. The Hall–Kier alpha value is -3.12. The molecule has 1 atom stereocenters. The van der Waals surface area contributed by atoms with Crippen molar-refractivity contribution in [2.45, 2.75) is 19.6 Å². The molecule has 5 nitrogen and oxygen atoms in total. The van der Waals surface area contributed by atoms with Gasteiger partial charge in [0.15, 0.2) is 6.10 Å². The summed E-state index contributed by atoms with van der Waals surface area (Å²) in [6.45, 7) is 2.19. The predicted molar refractivity (Wildman–Crippen MR) is 106 cm³/mol. The molecule has 1 aliphatic heterocycles. The fraction of sp³-hybridized carbons (Fsp3) is 0.143. The lowest BCUT2D eigenvalue weighted by Gasteiger charge is -2.33. The summed E-state index contributed by atoms with van der Waals surface area (Å²) in [6.07, 6.45) is -0.548. The molecule has 2 heterocycles. The van der Waals surface area contributed by atoms with Gasteiger partial charge in [0, 0.05) is 5.69 Å². The van der Waals surface area contributed by atoms with Crippen molar-refractivity contribution in [1.82, 2.24) is 0 Å². The molecule has 4 rings (SSSR count). The number of hydrogen-bond acceptors (Lipinski definition) is 4. The lowest BCUT2D eigenvalue weighted by Crippen LogP contribution is -2.44. The molecule has 1 N–H and O–H groups in total. The number of nitrogens with zero attached hydrogens (tertiary/aromatic N) is 1. The quantitative estimate of drug-likeness (QED) is 0.736. The van der Waals surface area contributed by atoms with Crippen LogP contribution in [0.5, 0.6) is 5.75 Å². The van der Waals surface area contributed by atoms with E-state index in [1.165, 1.54) is 11.3 Å². The summed E-state index contributed by atoms with van der Waals surface area (Å²) in [6, 6.07) is 18.8. The van der Waals surface area contributed by atoms with E-state index in [9.17, 15) is 9.59 Å². The van der Waals surface area contributed by atoms with E-state index in [-0.39, 0.29) is 11.8 Å². The summed E-state index contributed by atoms with van der Waals surface area (Å²) in [4.78, 5) is 27.4. The second-order valence-corrected chi connectivity index (χ2v) is 7.23. The van der Waals surface area contributed by atoms with E-state index in [0.29, 0.717) is 28.5 Å². The number of carbonyl (C=O) groups is 2. The third kappa shape index (κ3) is 3.57. The molecule has 0 saturated heterocycles. The average Bonchev–Trinajstić information content (AvgIpc) is 3.22. The fourth-order valence-corrected chi connectivity index (χ4v) is 3.63. The van der Waals surface area contributed by atoms with Gasteiger partial charge in [-0.25, -0.2) is 0 Å². The Morgan fingerprint density at radius 3 is 2.70 bits per heavy atom. The highest BCUT2D eigenvalue weighted by atomic mass is 32.1. The topological polar surface area (TPSA) is 58.6 Å². The molecule has 1 aromatic heterocycles. The number of carbonyl (C=O) groups excluding carboxylic acids is 2. The summed E-state index contributed by atoms with van der Waals surface area (Å²) in [7, 11) is 0. The van der Waals surface area contributed by atoms with Crippen LogP contribution in [0.15, 0.2) is 66.0 Å². The summed E-state index contributed by atoms with van der Waals surface area (Å²) < 4.78 is 5.74. The number of rotatable bonds is 4. The van der Waals surface area contributed by atoms with Crippen LogP contribution in [0.2, 0.25) is 0 Å². The minimum atomic E-state index is -0.548. The molecule has 0 radical (unpaired) electrons. The first-order chi connectivity index (χ1) is 13.1. The van der Waals surface area contributed by atoms with Gasteiger partial charge in [-0.15, -0.1) is 11.3 Å². The van der Waals surface area contributed by atoms with Crippen LogP contribution in [0.4, 0.5) is 11.4 Å². The summed E-state index contributed by atoms with van der Waals surface area (Å²) >= 11 is 1.38. The van der Waals surface area contributed by atoms with Crippen LogP contribution in [0.25, 0.3) is 0 Å². The number of benzene rings is 2. The van der Waals surface area contributed by atoms with Crippen molar-refractivity contribution in [3.63, 3.8) is 0 Å². The Balaban J connectivity index is 1.64. The third-order valence-corrected chi connectivity index (χ3v) is 5.22. The van der Waals surface area contributed by atoms with Crippen molar-refractivity contribution in [3.05, 3.63) is 76.5 Å². The first-order valence-corrected chi connectivity index (χ1v) is 9.50. The maximum Gasteiger partial charge on any atom is 0.268 e. The minimum Gasteiger partial charge on any atom is -0.479 e.